The number of nitrogens with one attached hydrogen (secondary N) is 1. The molecule has 0 bridgehead atoms. The highest BCUT2D eigenvalue weighted by Gasteiger charge is 2.71. The Balaban J connectivity index is 1.44. The van der Waals surface area contributed by atoms with Crippen molar-refractivity contribution in [1.82, 2.24) is 10.2 Å². The maximum atomic E-state index is 14.6. The molecule has 0 unspecified atom stereocenters. The Morgan fingerprint density at radius 2 is 1.76 bits per heavy atom. The van der Waals surface area contributed by atoms with E-state index in [1.807, 2.05) is 30.3 Å². The SMILES string of the molecule is C[C@H]1NC(=O)CC/C=C\[C@H]2O[C@]34C=CCN(c5ccccc5Cl)C(=O)[C@H]3N(CCCCO)C(=O)[C@@H]4[C@H]2C(=O)O[C@@H]1c1ccccc1. The third-order valence-electron chi connectivity index (χ3n) is 9.29. The molecule has 4 aliphatic rings. The molecule has 0 aliphatic carbocycles. The first-order chi connectivity index (χ1) is 22.3. The zero-order valence-electron chi connectivity index (χ0n) is 25.6. The van der Waals surface area contributed by atoms with Gasteiger partial charge in [0.2, 0.25) is 11.8 Å². The number of likely N-dealkylation sites (tertiary alicyclic amines) is 1. The number of halogens is 1. The summed E-state index contributed by atoms with van der Waals surface area (Å²) in [7, 11) is 0. The van der Waals surface area contributed by atoms with E-state index in [0.717, 1.165) is 0 Å². The summed E-state index contributed by atoms with van der Waals surface area (Å²) in [5.74, 6) is -3.71. The maximum absolute atomic E-state index is 14.6. The van der Waals surface area contributed by atoms with E-state index in [4.69, 9.17) is 21.1 Å². The Morgan fingerprint density at radius 1 is 1.00 bits per heavy atom. The largest absolute Gasteiger partial charge is 0.455 e. The minimum atomic E-state index is -1.47. The Morgan fingerprint density at radius 3 is 2.52 bits per heavy atom. The van der Waals surface area contributed by atoms with Crippen molar-refractivity contribution in [2.24, 2.45) is 11.8 Å². The van der Waals surface area contributed by atoms with Crippen molar-refractivity contribution in [2.75, 3.05) is 24.6 Å². The summed E-state index contributed by atoms with van der Waals surface area (Å²) in [6.07, 6.45) is 6.83. The summed E-state index contributed by atoms with van der Waals surface area (Å²) < 4.78 is 13.0. The highest BCUT2D eigenvalue weighted by atomic mass is 35.5. The number of cyclic esters (lactones) is 1. The lowest BCUT2D eigenvalue weighted by molar-refractivity contribution is -0.161. The summed E-state index contributed by atoms with van der Waals surface area (Å²) >= 11 is 6.54. The molecule has 3 amide bonds. The second-order valence-electron chi connectivity index (χ2n) is 12.2. The van der Waals surface area contributed by atoms with E-state index in [1.54, 1.807) is 60.4 Å². The lowest BCUT2D eigenvalue weighted by Gasteiger charge is -2.35. The van der Waals surface area contributed by atoms with E-state index in [1.165, 1.54) is 4.90 Å². The molecule has 46 heavy (non-hydrogen) atoms. The van der Waals surface area contributed by atoms with Crippen molar-refractivity contribution in [2.45, 2.75) is 62.5 Å². The predicted octanol–water partition coefficient (Wildman–Crippen LogP) is 3.74. The first-order valence-electron chi connectivity index (χ1n) is 15.8. The number of ether oxygens (including phenoxy) is 2. The molecule has 0 saturated carbocycles. The summed E-state index contributed by atoms with van der Waals surface area (Å²) in [6, 6.07) is 14.5. The van der Waals surface area contributed by atoms with Crippen LogP contribution in [0.1, 0.15) is 44.3 Å². The lowest BCUT2D eigenvalue weighted by Crippen LogP contribution is -2.55. The molecule has 2 fully saturated rings. The fourth-order valence-corrected chi connectivity index (χ4v) is 7.46. The van der Waals surface area contributed by atoms with Crippen LogP contribution in [-0.2, 0) is 28.7 Å². The molecule has 10 nitrogen and oxygen atoms in total. The summed E-state index contributed by atoms with van der Waals surface area (Å²) in [5, 5.41) is 12.8. The van der Waals surface area contributed by atoms with Crippen LogP contribution in [0.3, 0.4) is 0 Å². The number of rotatable bonds is 6. The molecule has 11 heteroatoms. The quantitative estimate of drug-likeness (QED) is 0.278. The van der Waals surface area contributed by atoms with Crippen molar-refractivity contribution in [3.8, 4) is 0 Å². The minimum absolute atomic E-state index is 0.0607. The van der Waals surface area contributed by atoms with Gasteiger partial charge in [0.15, 0.2) is 0 Å². The Kier molecular flexibility index (Phi) is 9.31. The smallest absolute Gasteiger partial charge is 0.313 e. The highest BCUT2D eigenvalue weighted by molar-refractivity contribution is 6.34. The number of carbonyl (C=O) groups is 4. The van der Waals surface area contributed by atoms with Crippen LogP contribution < -0.4 is 10.2 Å². The number of hydrogen-bond donors (Lipinski definition) is 2. The third kappa shape index (κ3) is 5.74. The number of esters is 1. The number of amides is 3. The van der Waals surface area contributed by atoms with Crippen LogP contribution in [0, 0.1) is 11.8 Å². The number of benzene rings is 2. The van der Waals surface area contributed by atoms with Crippen LogP contribution in [0.2, 0.25) is 5.02 Å². The molecule has 2 aromatic rings. The Hall–Kier alpha value is -3.99. The maximum Gasteiger partial charge on any atom is 0.313 e. The normalized spacial score (nSPS) is 32.0. The molecule has 2 aromatic carbocycles. The molecule has 0 radical (unpaired) electrons. The second-order valence-corrected chi connectivity index (χ2v) is 12.6. The molecular formula is C35H38ClN3O7. The van der Waals surface area contributed by atoms with E-state index in [9.17, 15) is 24.3 Å². The molecule has 4 aliphatic heterocycles. The van der Waals surface area contributed by atoms with E-state index >= 15 is 0 Å². The number of fused-ring (bicyclic) bond motifs is 2. The fourth-order valence-electron chi connectivity index (χ4n) is 7.23. The molecule has 242 valence electrons. The van der Waals surface area contributed by atoms with Crippen molar-refractivity contribution in [1.29, 1.82) is 0 Å². The van der Waals surface area contributed by atoms with E-state index in [2.05, 4.69) is 5.32 Å². The van der Waals surface area contributed by atoms with Gasteiger partial charge in [-0.25, -0.2) is 0 Å². The topological polar surface area (TPSA) is 125 Å². The van der Waals surface area contributed by atoms with Crippen molar-refractivity contribution in [3.63, 3.8) is 0 Å². The average Bonchev–Trinajstić information content (AvgIpc) is 3.43. The summed E-state index contributed by atoms with van der Waals surface area (Å²) in [6.45, 7) is 2.10. The van der Waals surface area contributed by atoms with Gasteiger partial charge in [-0.15, -0.1) is 0 Å². The highest BCUT2D eigenvalue weighted by Crippen LogP contribution is 2.53. The Bertz CT molecular complexity index is 1550. The molecule has 2 N–H and O–H groups in total. The summed E-state index contributed by atoms with van der Waals surface area (Å²) in [5.41, 5.74) is -0.269. The number of allylic oxidation sites excluding steroid dienone is 1. The van der Waals surface area contributed by atoms with Gasteiger partial charge in [0.1, 0.15) is 23.7 Å². The monoisotopic (exact) mass is 647 g/mol. The van der Waals surface area contributed by atoms with Gasteiger partial charge in [-0.05, 0) is 43.9 Å². The second kappa shape index (κ2) is 13.4. The number of aliphatic hydroxyl groups excluding tert-OH is 1. The Labute approximate surface area is 273 Å². The zero-order chi connectivity index (χ0) is 32.4. The van der Waals surface area contributed by atoms with Gasteiger partial charge in [-0.2, -0.15) is 0 Å². The molecule has 1 spiro atoms. The molecule has 4 heterocycles. The van der Waals surface area contributed by atoms with E-state index in [0.29, 0.717) is 35.5 Å². The van der Waals surface area contributed by atoms with Crippen LogP contribution >= 0.6 is 11.6 Å². The number of anilines is 1. The minimum Gasteiger partial charge on any atom is -0.455 e. The third-order valence-corrected chi connectivity index (χ3v) is 9.61. The number of nitrogens with zero attached hydrogens (tertiary/aromatic N) is 2. The first kappa shape index (κ1) is 32.0. The van der Waals surface area contributed by atoms with Crippen LogP contribution in [-0.4, -0.2) is 77.2 Å². The molecule has 6 rings (SSSR count). The number of carbonyl (C=O) groups excluding carboxylic acids is 4. The van der Waals surface area contributed by atoms with Gasteiger partial charge in [-0.1, -0.05) is 78.4 Å². The fraction of sp³-hybridized carbons (Fsp3) is 0.429. The van der Waals surface area contributed by atoms with Gasteiger partial charge in [-0.3, -0.25) is 19.2 Å². The van der Waals surface area contributed by atoms with Crippen molar-refractivity contribution >= 4 is 41.0 Å². The van der Waals surface area contributed by atoms with Gasteiger partial charge < -0.3 is 29.7 Å². The molecule has 0 aromatic heterocycles. The van der Waals surface area contributed by atoms with Gasteiger partial charge in [0.25, 0.3) is 5.91 Å². The molecular weight excluding hydrogens is 610 g/mol. The van der Waals surface area contributed by atoms with Crippen LogP contribution in [0.15, 0.2) is 78.9 Å². The first-order valence-corrected chi connectivity index (χ1v) is 16.2. The number of hydrogen-bond acceptors (Lipinski definition) is 7. The molecule has 2 saturated heterocycles. The van der Waals surface area contributed by atoms with Crippen LogP contribution in [0.4, 0.5) is 5.69 Å². The van der Waals surface area contributed by atoms with E-state index < -0.39 is 47.7 Å². The molecule has 7 atom stereocenters. The number of para-hydroxylation sites is 1. The van der Waals surface area contributed by atoms with Crippen LogP contribution in [0.5, 0.6) is 0 Å². The van der Waals surface area contributed by atoms with Crippen molar-refractivity contribution in [3.05, 3.63) is 89.5 Å². The summed E-state index contributed by atoms with van der Waals surface area (Å²) in [4.78, 5) is 59.2. The lowest BCUT2D eigenvalue weighted by atomic mass is 9.77. The van der Waals surface area contributed by atoms with Gasteiger partial charge >= 0.3 is 5.97 Å². The van der Waals surface area contributed by atoms with Crippen molar-refractivity contribution < 1.29 is 33.8 Å². The van der Waals surface area contributed by atoms with E-state index in [-0.39, 0.29) is 43.8 Å². The zero-order valence-corrected chi connectivity index (χ0v) is 26.3. The number of unbranched alkanes of at least 4 members (excludes halogenated alkanes) is 1. The van der Waals surface area contributed by atoms with Gasteiger partial charge in [0, 0.05) is 26.1 Å². The van der Waals surface area contributed by atoms with Crippen LogP contribution in [0.25, 0.3) is 0 Å². The predicted molar refractivity (Wildman–Crippen MR) is 171 cm³/mol. The van der Waals surface area contributed by atoms with Gasteiger partial charge in [0.05, 0.1) is 28.8 Å². The standard InChI is InChI=1S/C35H38ClN3O7/c1-22-30(23-12-3-2-4-13-23)45-34(44)28-26(16-7-8-17-27(41)37-22)46-35-18-11-20-38(25-15-6-5-14-24(25)36)33(43)31(35)39(19-9-10-21-40)32(42)29(28)35/h2-7,11-16,18,22,26,28-31,40H,8-10,17,19-21H2,1H3,(H,37,41)/b16-7-/t22-,26-,28+,29+,30+,31-,35+/m1/s1. The number of aliphatic hydroxyl groups is 1. The average molecular weight is 648 g/mol.